The standard InChI is InChI=1S/C14H25IO2/c1-12(16)17-14-11-9-7-5-3-2-4-6-8-10-13(14)15/h13-14H,2-11H2,1H3. The van der Waals surface area contributed by atoms with Gasteiger partial charge >= 0.3 is 5.97 Å². The monoisotopic (exact) mass is 352 g/mol. The molecular formula is C14H25IO2. The molecule has 0 aromatic rings. The number of ether oxygens (including phenoxy) is 1. The summed E-state index contributed by atoms with van der Waals surface area (Å²) in [4.78, 5) is 11.1. The van der Waals surface area contributed by atoms with Crippen molar-refractivity contribution in [3.8, 4) is 0 Å². The molecule has 0 N–H and O–H groups in total. The molecule has 1 aliphatic rings. The topological polar surface area (TPSA) is 26.3 Å². The molecule has 3 heteroatoms. The number of esters is 1. The molecule has 0 heterocycles. The summed E-state index contributed by atoms with van der Waals surface area (Å²) in [6, 6.07) is 0. The van der Waals surface area contributed by atoms with Crippen LogP contribution in [0.4, 0.5) is 0 Å². The van der Waals surface area contributed by atoms with Crippen LogP contribution in [0.2, 0.25) is 0 Å². The zero-order chi connectivity index (χ0) is 12.5. The van der Waals surface area contributed by atoms with Gasteiger partial charge in [0.2, 0.25) is 0 Å². The van der Waals surface area contributed by atoms with Gasteiger partial charge in [-0.3, -0.25) is 4.79 Å². The van der Waals surface area contributed by atoms with Crippen LogP contribution < -0.4 is 0 Å². The quantitative estimate of drug-likeness (QED) is 0.391. The minimum atomic E-state index is -0.122. The second kappa shape index (κ2) is 9.17. The lowest BCUT2D eigenvalue weighted by Gasteiger charge is -2.23. The summed E-state index contributed by atoms with van der Waals surface area (Å²) < 4.78 is 5.96. The third-order valence-electron chi connectivity index (χ3n) is 3.44. The summed E-state index contributed by atoms with van der Waals surface area (Å²) in [5, 5.41) is 0. The first-order valence-electron chi connectivity index (χ1n) is 7.01. The average molecular weight is 352 g/mol. The zero-order valence-electron chi connectivity index (χ0n) is 10.9. The molecule has 1 fully saturated rings. The summed E-state index contributed by atoms with van der Waals surface area (Å²) in [6.45, 7) is 1.53. The highest BCUT2D eigenvalue weighted by atomic mass is 127. The van der Waals surface area contributed by atoms with Crippen molar-refractivity contribution in [2.24, 2.45) is 0 Å². The minimum Gasteiger partial charge on any atom is -0.461 e. The summed E-state index contributed by atoms with van der Waals surface area (Å²) in [5.74, 6) is -0.122. The van der Waals surface area contributed by atoms with Gasteiger partial charge in [-0.2, -0.15) is 0 Å². The fourth-order valence-electron chi connectivity index (χ4n) is 2.46. The van der Waals surface area contributed by atoms with E-state index in [-0.39, 0.29) is 12.1 Å². The van der Waals surface area contributed by atoms with E-state index in [1.807, 2.05) is 0 Å². The lowest BCUT2D eigenvalue weighted by atomic mass is 9.99. The van der Waals surface area contributed by atoms with Gasteiger partial charge < -0.3 is 4.74 Å². The van der Waals surface area contributed by atoms with Crippen molar-refractivity contribution in [2.45, 2.75) is 81.2 Å². The first-order valence-corrected chi connectivity index (χ1v) is 8.26. The third-order valence-corrected chi connectivity index (χ3v) is 4.86. The van der Waals surface area contributed by atoms with Crippen molar-refractivity contribution in [3.63, 3.8) is 0 Å². The number of halogens is 1. The zero-order valence-corrected chi connectivity index (χ0v) is 13.1. The largest absolute Gasteiger partial charge is 0.461 e. The number of carbonyl (C=O) groups excluding carboxylic acids is 1. The van der Waals surface area contributed by atoms with Crippen LogP contribution in [0.15, 0.2) is 0 Å². The Balaban J connectivity index is 2.41. The highest BCUT2D eigenvalue weighted by molar-refractivity contribution is 14.1. The second-order valence-electron chi connectivity index (χ2n) is 5.07. The van der Waals surface area contributed by atoms with Crippen LogP contribution >= 0.6 is 22.6 Å². The predicted molar refractivity (Wildman–Crippen MR) is 79.5 cm³/mol. The Morgan fingerprint density at radius 3 is 1.94 bits per heavy atom. The highest BCUT2D eigenvalue weighted by Crippen LogP contribution is 2.24. The van der Waals surface area contributed by atoms with Gasteiger partial charge in [0.05, 0.1) is 0 Å². The van der Waals surface area contributed by atoms with Crippen molar-refractivity contribution >= 4 is 28.6 Å². The second-order valence-corrected chi connectivity index (χ2v) is 6.67. The van der Waals surface area contributed by atoms with Gasteiger partial charge in [-0.15, -0.1) is 0 Å². The minimum absolute atomic E-state index is 0.122. The Morgan fingerprint density at radius 2 is 1.41 bits per heavy atom. The predicted octanol–water partition coefficient (Wildman–Crippen LogP) is 4.64. The van der Waals surface area contributed by atoms with E-state index in [0.29, 0.717) is 3.92 Å². The summed E-state index contributed by atoms with van der Waals surface area (Å²) in [5.41, 5.74) is 0. The molecule has 0 aliphatic heterocycles. The third kappa shape index (κ3) is 7.27. The van der Waals surface area contributed by atoms with E-state index in [9.17, 15) is 4.79 Å². The molecule has 2 unspecified atom stereocenters. The molecule has 0 aromatic heterocycles. The van der Waals surface area contributed by atoms with Gasteiger partial charge in [-0.05, 0) is 19.3 Å². The Hall–Kier alpha value is 0.200. The normalized spacial score (nSPS) is 28.8. The molecule has 100 valence electrons. The first kappa shape index (κ1) is 15.3. The molecule has 2 atom stereocenters. The van der Waals surface area contributed by atoms with Crippen molar-refractivity contribution < 1.29 is 9.53 Å². The van der Waals surface area contributed by atoms with Crippen LogP contribution in [0.3, 0.4) is 0 Å². The molecule has 0 saturated heterocycles. The molecule has 1 rings (SSSR count). The van der Waals surface area contributed by atoms with Crippen LogP contribution in [-0.4, -0.2) is 16.0 Å². The number of hydrogen-bond donors (Lipinski definition) is 0. The molecule has 17 heavy (non-hydrogen) atoms. The lowest BCUT2D eigenvalue weighted by Crippen LogP contribution is -2.26. The molecule has 0 bridgehead atoms. The number of carbonyl (C=O) groups is 1. The Morgan fingerprint density at radius 1 is 0.941 bits per heavy atom. The van der Waals surface area contributed by atoms with Crippen LogP contribution in [0, 0.1) is 0 Å². The fraction of sp³-hybridized carbons (Fsp3) is 0.929. The Kier molecular flexibility index (Phi) is 8.23. The van der Waals surface area contributed by atoms with Crippen LogP contribution in [0.5, 0.6) is 0 Å². The highest BCUT2D eigenvalue weighted by Gasteiger charge is 2.21. The van der Waals surface area contributed by atoms with Crippen molar-refractivity contribution in [2.75, 3.05) is 0 Å². The van der Waals surface area contributed by atoms with Gasteiger partial charge in [-0.1, -0.05) is 67.5 Å². The van der Waals surface area contributed by atoms with E-state index in [1.165, 1.54) is 64.7 Å². The average Bonchev–Trinajstić information content (AvgIpc) is 2.27. The van der Waals surface area contributed by atoms with Crippen LogP contribution in [-0.2, 0) is 9.53 Å². The number of rotatable bonds is 1. The van der Waals surface area contributed by atoms with Crippen molar-refractivity contribution in [3.05, 3.63) is 0 Å². The summed E-state index contributed by atoms with van der Waals surface area (Å²) >= 11 is 2.47. The van der Waals surface area contributed by atoms with Crippen molar-refractivity contribution in [1.29, 1.82) is 0 Å². The molecule has 0 aromatic carbocycles. The SMILES string of the molecule is CC(=O)OC1CCCCCCCCCCC1I. The molecule has 0 amide bonds. The van der Waals surface area contributed by atoms with Gasteiger partial charge in [0.1, 0.15) is 6.10 Å². The number of hydrogen-bond acceptors (Lipinski definition) is 2. The Bertz CT molecular complexity index is 218. The first-order chi connectivity index (χ1) is 8.20. The van der Waals surface area contributed by atoms with E-state index in [0.717, 1.165) is 6.42 Å². The van der Waals surface area contributed by atoms with E-state index >= 15 is 0 Å². The summed E-state index contributed by atoms with van der Waals surface area (Å²) in [7, 11) is 0. The van der Waals surface area contributed by atoms with E-state index in [4.69, 9.17) is 4.74 Å². The number of alkyl halides is 1. The van der Waals surface area contributed by atoms with Crippen LogP contribution in [0.25, 0.3) is 0 Å². The Labute approximate surface area is 119 Å². The molecule has 0 radical (unpaired) electrons. The van der Waals surface area contributed by atoms with Gasteiger partial charge in [-0.25, -0.2) is 0 Å². The molecule has 0 spiro atoms. The van der Waals surface area contributed by atoms with E-state index < -0.39 is 0 Å². The van der Waals surface area contributed by atoms with Gasteiger partial charge in [0.25, 0.3) is 0 Å². The van der Waals surface area contributed by atoms with E-state index in [2.05, 4.69) is 22.6 Å². The smallest absolute Gasteiger partial charge is 0.302 e. The molecule has 2 nitrogen and oxygen atoms in total. The molecule has 1 saturated carbocycles. The molecular weight excluding hydrogens is 327 g/mol. The maximum atomic E-state index is 11.1. The lowest BCUT2D eigenvalue weighted by molar-refractivity contribution is -0.146. The van der Waals surface area contributed by atoms with Gasteiger partial charge in [0.15, 0.2) is 0 Å². The summed E-state index contributed by atoms with van der Waals surface area (Å²) in [6.07, 6.45) is 13.0. The van der Waals surface area contributed by atoms with E-state index in [1.54, 1.807) is 0 Å². The maximum Gasteiger partial charge on any atom is 0.302 e. The molecule has 1 aliphatic carbocycles. The van der Waals surface area contributed by atoms with Crippen LogP contribution in [0.1, 0.15) is 71.1 Å². The van der Waals surface area contributed by atoms with Gasteiger partial charge in [0, 0.05) is 10.8 Å². The maximum absolute atomic E-state index is 11.1. The fourth-order valence-corrected chi connectivity index (χ4v) is 3.40. The van der Waals surface area contributed by atoms with Crippen molar-refractivity contribution in [1.82, 2.24) is 0 Å².